The Bertz CT molecular complexity index is 697. The SMILES string of the molecule is CON(C)C(=O)c1cc2c(nc3sccn32)s1. The van der Waals surface area contributed by atoms with Gasteiger partial charge in [-0.2, -0.15) is 0 Å². The van der Waals surface area contributed by atoms with Crippen LogP contribution in [-0.4, -0.2) is 34.5 Å². The molecular weight excluding hydrogens is 258 g/mol. The molecule has 88 valence electrons. The van der Waals surface area contributed by atoms with Crippen molar-refractivity contribution in [2.24, 2.45) is 0 Å². The minimum Gasteiger partial charge on any atom is -0.289 e. The van der Waals surface area contributed by atoms with Gasteiger partial charge in [-0.05, 0) is 6.07 Å². The van der Waals surface area contributed by atoms with E-state index in [0.29, 0.717) is 4.88 Å². The van der Waals surface area contributed by atoms with Crippen LogP contribution in [0.4, 0.5) is 0 Å². The zero-order chi connectivity index (χ0) is 12.0. The van der Waals surface area contributed by atoms with E-state index in [0.717, 1.165) is 15.3 Å². The number of imidazole rings is 1. The zero-order valence-electron chi connectivity index (χ0n) is 9.21. The Balaban J connectivity index is 2.12. The third-order valence-corrected chi connectivity index (χ3v) is 4.27. The maximum absolute atomic E-state index is 11.9. The number of rotatable bonds is 2. The molecule has 0 saturated carbocycles. The van der Waals surface area contributed by atoms with Gasteiger partial charge in [-0.15, -0.1) is 22.7 Å². The lowest BCUT2D eigenvalue weighted by molar-refractivity contribution is -0.0753. The molecule has 0 aromatic carbocycles. The highest BCUT2D eigenvalue weighted by Gasteiger charge is 2.17. The summed E-state index contributed by atoms with van der Waals surface area (Å²) < 4.78 is 1.99. The number of thiazole rings is 1. The van der Waals surface area contributed by atoms with Crippen LogP contribution >= 0.6 is 22.7 Å². The van der Waals surface area contributed by atoms with Gasteiger partial charge in [0.05, 0.1) is 17.5 Å². The summed E-state index contributed by atoms with van der Waals surface area (Å²) in [5.74, 6) is -0.153. The standard InChI is InChI=1S/C10H9N3O2S2/c1-12(15-2)9(14)7-5-6-8(17-7)11-10-13(6)3-4-16-10/h3-5H,1-2H3. The Hall–Kier alpha value is -1.44. The van der Waals surface area contributed by atoms with E-state index in [1.165, 1.54) is 23.5 Å². The number of aromatic nitrogens is 2. The molecular formula is C10H9N3O2S2. The molecule has 0 atom stereocenters. The number of amides is 1. The molecule has 0 radical (unpaired) electrons. The summed E-state index contributed by atoms with van der Waals surface area (Å²) in [6.45, 7) is 0. The summed E-state index contributed by atoms with van der Waals surface area (Å²) in [4.78, 5) is 23.7. The van der Waals surface area contributed by atoms with Crippen LogP contribution in [0.3, 0.4) is 0 Å². The molecule has 3 aromatic heterocycles. The molecule has 0 aliphatic heterocycles. The second kappa shape index (κ2) is 3.80. The predicted octanol–water partition coefficient (Wildman–Crippen LogP) is 2.24. The first kappa shape index (κ1) is 10.7. The van der Waals surface area contributed by atoms with Gasteiger partial charge in [0.2, 0.25) is 0 Å². The summed E-state index contributed by atoms with van der Waals surface area (Å²) in [5, 5.41) is 3.18. The minimum absolute atomic E-state index is 0.153. The maximum Gasteiger partial charge on any atom is 0.287 e. The topological polar surface area (TPSA) is 46.8 Å². The number of thiophene rings is 1. The van der Waals surface area contributed by atoms with E-state index < -0.39 is 0 Å². The Morgan fingerprint density at radius 3 is 3.18 bits per heavy atom. The molecule has 5 nitrogen and oxygen atoms in total. The molecule has 1 amide bonds. The second-order valence-electron chi connectivity index (χ2n) is 3.45. The van der Waals surface area contributed by atoms with Crippen molar-refractivity contribution in [2.75, 3.05) is 14.2 Å². The number of nitrogens with zero attached hydrogens (tertiary/aromatic N) is 3. The van der Waals surface area contributed by atoms with E-state index in [-0.39, 0.29) is 5.91 Å². The summed E-state index contributed by atoms with van der Waals surface area (Å²) in [6, 6.07) is 1.85. The average molecular weight is 267 g/mol. The van der Waals surface area contributed by atoms with Crippen LogP contribution in [0.5, 0.6) is 0 Å². The molecule has 0 spiro atoms. The van der Waals surface area contributed by atoms with Crippen LogP contribution in [0.1, 0.15) is 9.67 Å². The van der Waals surface area contributed by atoms with Crippen molar-refractivity contribution in [3.63, 3.8) is 0 Å². The van der Waals surface area contributed by atoms with Gasteiger partial charge in [0.15, 0.2) is 4.96 Å². The van der Waals surface area contributed by atoms with Gasteiger partial charge in [-0.3, -0.25) is 14.0 Å². The lowest BCUT2D eigenvalue weighted by atomic mass is 10.4. The largest absolute Gasteiger partial charge is 0.289 e. The number of hydrogen-bond acceptors (Lipinski definition) is 5. The number of fused-ring (bicyclic) bond motifs is 3. The van der Waals surface area contributed by atoms with Gasteiger partial charge in [-0.25, -0.2) is 10.0 Å². The van der Waals surface area contributed by atoms with Crippen molar-refractivity contribution >= 4 is 43.9 Å². The summed E-state index contributed by atoms with van der Waals surface area (Å²) in [7, 11) is 3.06. The number of carbonyl (C=O) groups excluding carboxylic acids is 1. The molecule has 0 unspecified atom stereocenters. The van der Waals surface area contributed by atoms with Crippen molar-refractivity contribution in [2.45, 2.75) is 0 Å². The van der Waals surface area contributed by atoms with Crippen molar-refractivity contribution in [1.82, 2.24) is 14.4 Å². The summed E-state index contributed by atoms with van der Waals surface area (Å²) in [5.41, 5.74) is 0.971. The number of hydrogen-bond donors (Lipinski definition) is 0. The van der Waals surface area contributed by atoms with Gasteiger partial charge in [0, 0.05) is 18.6 Å². The smallest absolute Gasteiger partial charge is 0.287 e. The fourth-order valence-corrected chi connectivity index (χ4v) is 3.36. The van der Waals surface area contributed by atoms with Gasteiger partial charge in [-0.1, -0.05) is 0 Å². The van der Waals surface area contributed by atoms with Crippen LogP contribution in [-0.2, 0) is 4.84 Å². The van der Waals surface area contributed by atoms with Crippen LogP contribution in [0.25, 0.3) is 15.3 Å². The molecule has 3 rings (SSSR count). The van der Waals surface area contributed by atoms with Crippen molar-refractivity contribution in [3.05, 3.63) is 22.5 Å². The second-order valence-corrected chi connectivity index (χ2v) is 5.36. The highest BCUT2D eigenvalue weighted by molar-refractivity contribution is 7.21. The number of carbonyl (C=O) groups is 1. The predicted molar refractivity (Wildman–Crippen MR) is 67.6 cm³/mol. The first-order chi connectivity index (χ1) is 8.20. The van der Waals surface area contributed by atoms with Crippen LogP contribution in [0, 0.1) is 0 Å². The Kier molecular flexibility index (Phi) is 2.39. The summed E-state index contributed by atoms with van der Waals surface area (Å²) in [6.07, 6.45) is 1.95. The molecule has 7 heteroatoms. The zero-order valence-corrected chi connectivity index (χ0v) is 10.8. The highest BCUT2D eigenvalue weighted by Crippen LogP contribution is 2.28. The van der Waals surface area contributed by atoms with E-state index in [1.807, 2.05) is 22.0 Å². The maximum atomic E-state index is 11.9. The molecule has 0 aliphatic carbocycles. The quantitative estimate of drug-likeness (QED) is 0.669. The Labute approximate surface area is 105 Å². The Morgan fingerprint density at radius 2 is 2.41 bits per heavy atom. The molecule has 3 aromatic rings. The van der Waals surface area contributed by atoms with E-state index >= 15 is 0 Å². The van der Waals surface area contributed by atoms with Crippen LogP contribution in [0.2, 0.25) is 0 Å². The molecule has 0 fully saturated rings. The van der Waals surface area contributed by atoms with Crippen LogP contribution in [0.15, 0.2) is 17.6 Å². The van der Waals surface area contributed by atoms with E-state index in [4.69, 9.17) is 4.84 Å². The van der Waals surface area contributed by atoms with Gasteiger partial charge < -0.3 is 0 Å². The van der Waals surface area contributed by atoms with Crippen molar-refractivity contribution in [3.8, 4) is 0 Å². The first-order valence-corrected chi connectivity index (χ1v) is 6.57. The van der Waals surface area contributed by atoms with E-state index in [9.17, 15) is 4.79 Å². The molecule has 0 aliphatic rings. The number of hydroxylamine groups is 2. The van der Waals surface area contributed by atoms with Gasteiger partial charge in [0.25, 0.3) is 5.91 Å². The molecule has 0 bridgehead atoms. The molecule has 3 heterocycles. The third-order valence-electron chi connectivity index (χ3n) is 2.51. The minimum atomic E-state index is -0.153. The molecule has 17 heavy (non-hydrogen) atoms. The highest BCUT2D eigenvalue weighted by atomic mass is 32.1. The molecule has 0 N–H and O–H groups in total. The van der Waals surface area contributed by atoms with Gasteiger partial charge in [0.1, 0.15) is 4.83 Å². The van der Waals surface area contributed by atoms with Crippen LogP contribution < -0.4 is 0 Å². The lowest BCUT2D eigenvalue weighted by Crippen LogP contribution is -2.24. The van der Waals surface area contributed by atoms with E-state index in [2.05, 4.69) is 4.98 Å². The van der Waals surface area contributed by atoms with Crippen molar-refractivity contribution in [1.29, 1.82) is 0 Å². The average Bonchev–Trinajstić information content (AvgIpc) is 2.97. The molecule has 0 saturated heterocycles. The van der Waals surface area contributed by atoms with Crippen molar-refractivity contribution < 1.29 is 9.63 Å². The fourth-order valence-electron chi connectivity index (χ4n) is 1.59. The third kappa shape index (κ3) is 1.54. The lowest BCUT2D eigenvalue weighted by Gasteiger charge is -2.11. The monoisotopic (exact) mass is 267 g/mol. The normalized spacial score (nSPS) is 11.4. The Morgan fingerprint density at radius 1 is 1.59 bits per heavy atom. The van der Waals surface area contributed by atoms with Gasteiger partial charge >= 0.3 is 0 Å². The van der Waals surface area contributed by atoms with E-state index in [1.54, 1.807) is 18.4 Å². The first-order valence-electron chi connectivity index (χ1n) is 4.88. The fraction of sp³-hybridized carbons (Fsp3) is 0.200. The summed E-state index contributed by atoms with van der Waals surface area (Å²) >= 11 is 2.96.